The van der Waals surface area contributed by atoms with Crippen LogP contribution in [0.3, 0.4) is 0 Å². The lowest BCUT2D eigenvalue weighted by Crippen LogP contribution is -2.37. The van der Waals surface area contributed by atoms with Gasteiger partial charge in [0.25, 0.3) is 11.1 Å². The van der Waals surface area contributed by atoms with E-state index in [0.717, 1.165) is 108 Å². The number of imidazole rings is 2. The van der Waals surface area contributed by atoms with Gasteiger partial charge in [0, 0.05) is 73.0 Å². The Morgan fingerprint density at radius 3 is 1.62 bits per heavy atom. The number of rotatable bonds is 7. The first kappa shape index (κ1) is 40.3. The van der Waals surface area contributed by atoms with Crippen LogP contribution in [0.5, 0.6) is 5.75 Å². The second kappa shape index (κ2) is 17.0. The summed E-state index contributed by atoms with van der Waals surface area (Å²) in [6.45, 7) is 7.79. The first-order valence-electron chi connectivity index (χ1n) is 20.4. The first-order valence-corrected chi connectivity index (χ1v) is 20.4. The number of anilines is 2. The molecule has 0 atom stereocenters. The molecule has 0 aliphatic carbocycles. The smallest absolute Gasteiger partial charge is 0.332 e. The van der Waals surface area contributed by atoms with Crippen LogP contribution in [0.4, 0.5) is 11.9 Å². The van der Waals surface area contributed by atoms with Crippen molar-refractivity contribution in [1.82, 2.24) is 48.0 Å². The Morgan fingerprint density at radius 1 is 0.567 bits per heavy atom. The van der Waals surface area contributed by atoms with E-state index in [1.165, 1.54) is 23.2 Å². The van der Waals surface area contributed by atoms with E-state index in [1.54, 1.807) is 21.2 Å². The number of methoxy groups -OCH3 is 1. The van der Waals surface area contributed by atoms with Crippen molar-refractivity contribution >= 4 is 45.0 Å². The number of para-hydroxylation sites is 1. The molecule has 7 aromatic rings. The monoisotopic (exact) mass is 816 g/mol. The van der Waals surface area contributed by atoms with Gasteiger partial charge in [-0.25, -0.2) is 9.59 Å². The molecule has 314 valence electrons. The average molecular weight is 817 g/mol. The Kier molecular flexibility index (Phi) is 11.4. The molecule has 6 heterocycles. The van der Waals surface area contributed by atoms with Crippen LogP contribution in [0.25, 0.3) is 33.1 Å². The van der Waals surface area contributed by atoms with Gasteiger partial charge in [0.1, 0.15) is 5.75 Å². The number of fused-ring (bicyclic) bond motifs is 3. The first-order chi connectivity index (χ1) is 29.1. The number of aromatic nitrogens is 8. The van der Waals surface area contributed by atoms with Crippen molar-refractivity contribution < 1.29 is 4.74 Å². The van der Waals surface area contributed by atoms with E-state index in [1.807, 2.05) is 51.6 Å². The fraction of sp³-hybridized carbons (Fsp3) is 0.395. The molecule has 3 aromatic carbocycles. The molecular formula is C43H52N12O5. The van der Waals surface area contributed by atoms with Crippen LogP contribution in [0, 0.1) is 0 Å². The van der Waals surface area contributed by atoms with Gasteiger partial charge in [-0.3, -0.25) is 37.0 Å². The minimum Gasteiger partial charge on any atom is -0.496 e. The number of aryl methyl sites for hydroxylation is 2. The Bertz CT molecular complexity index is 2930. The molecule has 2 saturated heterocycles. The highest BCUT2D eigenvalue weighted by Gasteiger charge is 2.26. The predicted molar refractivity (Wildman–Crippen MR) is 235 cm³/mol. The molecule has 2 fully saturated rings. The molecule has 2 aliphatic rings. The number of benzene rings is 3. The maximum Gasteiger partial charge on any atom is 0.332 e. The Balaban J connectivity index is 0.000000167. The van der Waals surface area contributed by atoms with E-state index in [-0.39, 0.29) is 22.5 Å². The van der Waals surface area contributed by atoms with E-state index in [9.17, 15) is 19.2 Å². The molecule has 17 heteroatoms. The molecule has 0 spiro atoms. The lowest BCUT2D eigenvalue weighted by Gasteiger charge is -2.22. The van der Waals surface area contributed by atoms with Crippen LogP contribution in [-0.4, -0.2) is 96.8 Å². The van der Waals surface area contributed by atoms with E-state index in [0.29, 0.717) is 41.4 Å². The largest absolute Gasteiger partial charge is 0.496 e. The van der Waals surface area contributed by atoms with Crippen molar-refractivity contribution in [3.8, 4) is 5.75 Å². The standard InChI is InChI=1S/C23H26N6O2.C20H26N6O3/c1-26-20-19(21(30)27(2)23(26)31)29(22(25-20)28-13-6-11-24-12-14-28)15-17-9-5-8-16-7-3-4-10-18(16)17;1-23-17-16(18(27)24(2)20(23)28)26(13-14-7-4-5-8-15(14)29-3)19(22-17)25-11-6-9-21-10-12-25/h3-5,7-10,24H,6,11-15H2,1-2H3;4-5,7-8,21H,6,9-13H2,1-3H3. The zero-order valence-electron chi connectivity index (χ0n) is 34.8. The van der Waals surface area contributed by atoms with Crippen molar-refractivity contribution in [3.63, 3.8) is 0 Å². The highest BCUT2D eigenvalue weighted by Crippen LogP contribution is 2.27. The zero-order chi connectivity index (χ0) is 42.1. The summed E-state index contributed by atoms with van der Waals surface area (Å²) in [4.78, 5) is 65.2. The topological polar surface area (TPSA) is 163 Å². The summed E-state index contributed by atoms with van der Waals surface area (Å²) in [5.41, 5.74) is 2.37. The quantitative estimate of drug-likeness (QED) is 0.241. The fourth-order valence-electron chi connectivity index (χ4n) is 8.35. The lowest BCUT2D eigenvalue weighted by molar-refractivity contribution is 0.408. The molecule has 17 nitrogen and oxygen atoms in total. The average Bonchev–Trinajstić information content (AvgIpc) is 3.53. The van der Waals surface area contributed by atoms with E-state index < -0.39 is 0 Å². The van der Waals surface area contributed by atoms with Crippen LogP contribution in [0.2, 0.25) is 0 Å². The molecule has 9 rings (SSSR count). The van der Waals surface area contributed by atoms with Crippen LogP contribution in [0.1, 0.15) is 24.0 Å². The van der Waals surface area contributed by atoms with Crippen molar-refractivity contribution in [1.29, 1.82) is 0 Å². The summed E-state index contributed by atoms with van der Waals surface area (Å²) >= 11 is 0. The highest BCUT2D eigenvalue weighted by atomic mass is 16.5. The van der Waals surface area contributed by atoms with Crippen molar-refractivity contribution in [3.05, 3.63) is 120 Å². The molecule has 0 bridgehead atoms. The minimum absolute atomic E-state index is 0.315. The van der Waals surface area contributed by atoms with Gasteiger partial charge in [-0.15, -0.1) is 0 Å². The number of ether oxygens (including phenoxy) is 1. The second-order valence-corrected chi connectivity index (χ2v) is 15.4. The van der Waals surface area contributed by atoms with Crippen LogP contribution >= 0.6 is 0 Å². The number of nitrogens with zero attached hydrogens (tertiary/aromatic N) is 10. The summed E-state index contributed by atoms with van der Waals surface area (Å²) in [7, 11) is 7.98. The van der Waals surface area contributed by atoms with Crippen LogP contribution in [0.15, 0.2) is 85.9 Å². The Morgan fingerprint density at radius 2 is 1.05 bits per heavy atom. The van der Waals surface area contributed by atoms with Gasteiger partial charge in [-0.2, -0.15) is 9.97 Å². The van der Waals surface area contributed by atoms with Gasteiger partial charge in [0.2, 0.25) is 11.9 Å². The van der Waals surface area contributed by atoms with E-state index in [4.69, 9.17) is 14.7 Å². The van der Waals surface area contributed by atoms with E-state index >= 15 is 0 Å². The summed E-state index contributed by atoms with van der Waals surface area (Å²) in [6.07, 6.45) is 1.98. The normalized spacial score (nSPS) is 14.9. The summed E-state index contributed by atoms with van der Waals surface area (Å²) in [5.74, 6) is 2.19. The molecule has 4 aromatic heterocycles. The van der Waals surface area contributed by atoms with Gasteiger partial charge in [-0.1, -0.05) is 60.7 Å². The molecular weight excluding hydrogens is 765 g/mol. The number of nitrogens with one attached hydrogen (secondary N) is 2. The molecule has 0 amide bonds. The van der Waals surface area contributed by atoms with Crippen molar-refractivity contribution in [2.75, 3.05) is 69.3 Å². The third-order valence-electron chi connectivity index (χ3n) is 11.6. The Hall–Kier alpha value is -6.46. The van der Waals surface area contributed by atoms with Crippen molar-refractivity contribution in [2.24, 2.45) is 28.2 Å². The minimum atomic E-state index is -0.381. The number of hydrogen-bond acceptors (Lipinski definition) is 11. The second-order valence-electron chi connectivity index (χ2n) is 15.4. The van der Waals surface area contributed by atoms with Gasteiger partial charge < -0.3 is 25.2 Å². The maximum atomic E-state index is 13.2. The van der Waals surface area contributed by atoms with Crippen molar-refractivity contribution in [2.45, 2.75) is 25.9 Å². The van der Waals surface area contributed by atoms with Gasteiger partial charge in [0.05, 0.1) is 20.2 Å². The summed E-state index contributed by atoms with van der Waals surface area (Å²) in [6, 6.07) is 22.2. The molecule has 2 aliphatic heterocycles. The SMILES string of the molecule is COc1ccccc1Cn1c(N2CCCNCC2)nc2c1c(=O)n(C)c(=O)n2C.Cn1c(=O)c2c(nc(N3CCCNCC3)n2Cc2cccc3ccccc23)n(C)c1=O. The van der Waals surface area contributed by atoms with Gasteiger partial charge in [-0.05, 0) is 48.3 Å². The third-order valence-corrected chi connectivity index (χ3v) is 11.6. The molecule has 0 saturated carbocycles. The maximum absolute atomic E-state index is 13.2. The number of hydrogen-bond donors (Lipinski definition) is 2. The van der Waals surface area contributed by atoms with Crippen LogP contribution in [-0.2, 0) is 41.3 Å². The fourth-order valence-corrected chi connectivity index (χ4v) is 8.35. The Labute approximate surface area is 345 Å². The molecule has 0 unspecified atom stereocenters. The summed E-state index contributed by atoms with van der Waals surface area (Å²) < 4.78 is 14.6. The zero-order valence-corrected chi connectivity index (χ0v) is 34.8. The molecule has 60 heavy (non-hydrogen) atoms. The molecule has 2 N–H and O–H groups in total. The summed E-state index contributed by atoms with van der Waals surface area (Å²) in [5, 5.41) is 9.11. The van der Waals surface area contributed by atoms with Gasteiger partial charge in [0.15, 0.2) is 22.3 Å². The lowest BCUT2D eigenvalue weighted by atomic mass is 10.0. The molecule has 0 radical (unpaired) electrons. The predicted octanol–water partition coefficient (Wildman–Crippen LogP) is 1.73. The highest BCUT2D eigenvalue weighted by molar-refractivity contribution is 5.86. The van der Waals surface area contributed by atoms with E-state index in [2.05, 4.69) is 44.7 Å². The van der Waals surface area contributed by atoms with Gasteiger partial charge >= 0.3 is 11.4 Å². The van der Waals surface area contributed by atoms with Crippen LogP contribution < -0.4 is 47.7 Å². The third kappa shape index (κ3) is 7.38.